The van der Waals surface area contributed by atoms with E-state index in [1.54, 1.807) is 0 Å². The Kier molecular flexibility index (Phi) is 22.8. The number of nitrogens with zero attached hydrogens (tertiary/aromatic N) is 1. The van der Waals surface area contributed by atoms with Gasteiger partial charge in [-0.05, 0) is 32.1 Å². The van der Waals surface area contributed by atoms with Crippen molar-refractivity contribution in [3.05, 3.63) is 12.2 Å². The third-order valence-corrected chi connectivity index (χ3v) is 8.34. The maximum absolute atomic E-state index is 12.5. The number of aliphatic carboxylic acids is 1. The van der Waals surface area contributed by atoms with Gasteiger partial charge in [-0.2, -0.15) is 0 Å². The van der Waals surface area contributed by atoms with E-state index in [1.165, 1.54) is 127 Å². The summed E-state index contributed by atoms with van der Waals surface area (Å²) < 4.78 is 0. The van der Waals surface area contributed by atoms with E-state index in [4.69, 9.17) is 10.8 Å². The van der Waals surface area contributed by atoms with Gasteiger partial charge in [-0.1, -0.05) is 141 Å². The first-order valence-corrected chi connectivity index (χ1v) is 17.0. The maximum Gasteiger partial charge on any atom is 0.320 e. The fourth-order valence-corrected chi connectivity index (χ4v) is 5.63. The summed E-state index contributed by atoms with van der Waals surface area (Å²) in [4.78, 5) is 36.8. The number of allylic oxidation sites excluding steroid dienone is 1. The topological polar surface area (TPSA) is 101 Å². The van der Waals surface area contributed by atoms with E-state index < -0.39 is 12.0 Å². The molecule has 0 radical (unpaired) electrons. The number of unbranched alkanes of at least 4 members (excludes halogenated alkanes) is 21. The molecule has 0 bridgehead atoms. The molecule has 2 unspecified atom stereocenters. The van der Waals surface area contributed by atoms with E-state index >= 15 is 0 Å². The lowest BCUT2D eigenvalue weighted by Gasteiger charge is -2.14. The van der Waals surface area contributed by atoms with Crippen molar-refractivity contribution in [3.63, 3.8) is 0 Å². The minimum absolute atomic E-state index is 0.118. The van der Waals surface area contributed by atoms with Gasteiger partial charge in [-0.3, -0.25) is 19.3 Å². The molecule has 232 valence electrons. The number of carboxylic acid groups (broad SMARTS) is 1. The summed E-state index contributed by atoms with van der Waals surface area (Å²) in [7, 11) is 0. The first-order chi connectivity index (χ1) is 19.5. The molecule has 1 fully saturated rings. The van der Waals surface area contributed by atoms with E-state index in [0.29, 0.717) is 25.8 Å². The second kappa shape index (κ2) is 25.1. The lowest BCUT2D eigenvalue weighted by Crippen LogP contribution is -2.32. The van der Waals surface area contributed by atoms with Crippen molar-refractivity contribution in [1.29, 1.82) is 0 Å². The SMILES string of the molecule is CCCCCCCCCCCCCCCCCCCCCCC=CC1CC(=O)N(CCCCC(N)C(=O)O)C1=O. The molecule has 0 aromatic heterocycles. The molecular formula is C34H62N2O4. The van der Waals surface area contributed by atoms with Gasteiger partial charge in [0.2, 0.25) is 11.8 Å². The van der Waals surface area contributed by atoms with E-state index in [-0.39, 0.29) is 24.2 Å². The Morgan fingerprint density at radius 2 is 1.23 bits per heavy atom. The monoisotopic (exact) mass is 562 g/mol. The Hall–Kier alpha value is -1.69. The standard InChI is InChI=1S/C34H62N2O4/c1-2-3-4-5-6-7-8-9-10-11-12-13-14-15-16-17-18-19-20-21-22-23-26-30-29-32(37)36(33(30)38)28-25-24-27-31(35)34(39)40/h23,26,30-31H,2-22,24-25,27-29,35H2,1H3,(H,39,40). The van der Waals surface area contributed by atoms with E-state index in [0.717, 1.165) is 12.8 Å². The maximum atomic E-state index is 12.5. The summed E-state index contributed by atoms with van der Waals surface area (Å²) in [5, 5.41) is 8.82. The molecule has 0 aromatic rings. The largest absolute Gasteiger partial charge is 0.480 e. The van der Waals surface area contributed by atoms with Crippen LogP contribution in [0.2, 0.25) is 0 Å². The zero-order chi connectivity index (χ0) is 29.3. The van der Waals surface area contributed by atoms with Gasteiger partial charge in [0.1, 0.15) is 6.04 Å². The molecule has 0 saturated carbocycles. The van der Waals surface area contributed by atoms with Crippen LogP contribution in [0.1, 0.15) is 167 Å². The van der Waals surface area contributed by atoms with Crippen molar-refractivity contribution >= 4 is 17.8 Å². The van der Waals surface area contributed by atoms with Crippen molar-refractivity contribution in [2.24, 2.45) is 11.7 Å². The molecule has 6 nitrogen and oxygen atoms in total. The van der Waals surface area contributed by atoms with E-state index in [9.17, 15) is 14.4 Å². The van der Waals surface area contributed by atoms with Crippen LogP contribution >= 0.6 is 0 Å². The second-order valence-electron chi connectivity index (χ2n) is 12.1. The highest BCUT2D eigenvalue weighted by Gasteiger charge is 2.36. The minimum atomic E-state index is -1.02. The first kappa shape index (κ1) is 36.3. The molecule has 40 heavy (non-hydrogen) atoms. The Labute approximate surface area is 245 Å². The Balaban J connectivity index is 1.88. The second-order valence-corrected chi connectivity index (χ2v) is 12.1. The molecule has 1 heterocycles. The summed E-state index contributed by atoms with van der Waals surface area (Å²) in [6.45, 7) is 2.64. The molecule has 0 aromatic carbocycles. The molecule has 1 aliphatic heterocycles. The number of rotatable bonds is 28. The van der Waals surface area contributed by atoms with Gasteiger partial charge in [0.15, 0.2) is 0 Å². The fourth-order valence-electron chi connectivity index (χ4n) is 5.63. The van der Waals surface area contributed by atoms with Gasteiger partial charge >= 0.3 is 5.97 Å². The normalized spacial score (nSPS) is 16.4. The quantitative estimate of drug-likeness (QED) is 0.0564. The van der Waals surface area contributed by atoms with Gasteiger partial charge in [-0.15, -0.1) is 0 Å². The third kappa shape index (κ3) is 18.6. The molecule has 2 atom stereocenters. The zero-order valence-corrected chi connectivity index (χ0v) is 25.9. The van der Waals surface area contributed by atoms with Gasteiger partial charge in [0.05, 0.1) is 5.92 Å². The van der Waals surface area contributed by atoms with Crippen LogP contribution in [0.5, 0.6) is 0 Å². The van der Waals surface area contributed by atoms with Crippen LogP contribution in [-0.4, -0.2) is 40.4 Å². The van der Waals surface area contributed by atoms with Crippen molar-refractivity contribution < 1.29 is 19.5 Å². The highest BCUT2D eigenvalue weighted by molar-refractivity contribution is 6.04. The number of nitrogens with two attached hydrogens (primary N) is 1. The van der Waals surface area contributed by atoms with Crippen molar-refractivity contribution in [2.45, 2.75) is 173 Å². The lowest BCUT2D eigenvalue weighted by atomic mass is 10.0. The number of carbonyl (C=O) groups excluding carboxylic acids is 2. The van der Waals surface area contributed by atoms with E-state index in [2.05, 4.69) is 13.0 Å². The van der Waals surface area contributed by atoms with Gasteiger partial charge < -0.3 is 10.8 Å². The molecule has 0 spiro atoms. The number of likely N-dealkylation sites (tertiary alicyclic amines) is 1. The fraction of sp³-hybridized carbons (Fsp3) is 0.853. The molecule has 1 aliphatic rings. The number of imide groups is 1. The summed E-state index contributed by atoms with van der Waals surface area (Å²) in [5.41, 5.74) is 5.50. The molecule has 6 heteroatoms. The third-order valence-electron chi connectivity index (χ3n) is 8.34. The number of carboxylic acids is 1. The highest BCUT2D eigenvalue weighted by atomic mass is 16.4. The Morgan fingerprint density at radius 3 is 1.68 bits per heavy atom. The average molecular weight is 563 g/mol. The summed E-state index contributed by atoms with van der Waals surface area (Å²) >= 11 is 0. The van der Waals surface area contributed by atoms with Gasteiger partial charge in [0.25, 0.3) is 0 Å². The predicted molar refractivity (Wildman–Crippen MR) is 166 cm³/mol. The predicted octanol–water partition coefficient (Wildman–Crippen LogP) is 8.71. The number of hydrogen-bond acceptors (Lipinski definition) is 4. The van der Waals surface area contributed by atoms with Crippen LogP contribution in [-0.2, 0) is 14.4 Å². The first-order valence-electron chi connectivity index (χ1n) is 17.0. The van der Waals surface area contributed by atoms with Crippen LogP contribution < -0.4 is 5.73 Å². The van der Waals surface area contributed by atoms with Crippen molar-refractivity contribution in [1.82, 2.24) is 4.90 Å². The molecule has 1 rings (SSSR count). The smallest absolute Gasteiger partial charge is 0.320 e. The molecule has 0 aliphatic carbocycles. The molecule has 1 saturated heterocycles. The molecule has 2 amide bonds. The summed E-state index contributed by atoms with van der Waals surface area (Å²) in [5.74, 6) is -1.59. The van der Waals surface area contributed by atoms with Crippen molar-refractivity contribution in [2.75, 3.05) is 6.54 Å². The lowest BCUT2D eigenvalue weighted by molar-refractivity contribution is -0.140. The zero-order valence-electron chi connectivity index (χ0n) is 25.9. The summed E-state index contributed by atoms with van der Waals surface area (Å²) in [6, 6.07) is -0.880. The van der Waals surface area contributed by atoms with Crippen molar-refractivity contribution in [3.8, 4) is 0 Å². The molecule has 3 N–H and O–H groups in total. The molecular weight excluding hydrogens is 500 g/mol. The van der Waals surface area contributed by atoms with E-state index in [1.807, 2.05) is 6.08 Å². The number of carbonyl (C=O) groups is 3. The highest BCUT2D eigenvalue weighted by Crippen LogP contribution is 2.22. The minimum Gasteiger partial charge on any atom is -0.480 e. The van der Waals surface area contributed by atoms with Crippen LogP contribution in [0.3, 0.4) is 0 Å². The average Bonchev–Trinajstić information content (AvgIpc) is 3.21. The Bertz CT molecular complexity index is 693. The summed E-state index contributed by atoms with van der Waals surface area (Å²) in [6.07, 6.45) is 34.3. The number of hydrogen-bond donors (Lipinski definition) is 2. The number of amides is 2. The van der Waals surface area contributed by atoms with Crippen LogP contribution in [0.4, 0.5) is 0 Å². The van der Waals surface area contributed by atoms with Crippen LogP contribution in [0, 0.1) is 5.92 Å². The van der Waals surface area contributed by atoms with Crippen LogP contribution in [0.25, 0.3) is 0 Å². The van der Waals surface area contributed by atoms with Gasteiger partial charge in [-0.25, -0.2) is 0 Å². The van der Waals surface area contributed by atoms with Crippen LogP contribution in [0.15, 0.2) is 12.2 Å². The van der Waals surface area contributed by atoms with Gasteiger partial charge in [0, 0.05) is 13.0 Å². The Morgan fingerprint density at radius 1 is 0.775 bits per heavy atom.